The number of fused-ring (bicyclic) bond motifs is 1. The van der Waals surface area contributed by atoms with Gasteiger partial charge in [-0.1, -0.05) is 6.07 Å². The fraction of sp³-hybridized carbons (Fsp3) is 0.429. The van der Waals surface area contributed by atoms with Crippen molar-refractivity contribution in [2.45, 2.75) is 31.7 Å². The van der Waals surface area contributed by atoms with Gasteiger partial charge in [0, 0.05) is 34.4 Å². The zero-order chi connectivity index (χ0) is 18.4. The summed E-state index contributed by atoms with van der Waals surface area (Å²) in [6, 6.07) is 8.83. The van der Waals surface area contributed by atoms with Gasteiger partial charge in [-0.2, -0.15) is 0 Å². The van der Waals surface area contributed by atoms with E-state index in [1.165, 1.54) is 47.3 Å². The molecular weight excluding hydrogens is 376 g/mol. The molecule has 0 saturated carbocycles. The van der Waals surface area contributed by atoms with Gasteiger partial charge in [0.25, 0.3) is 0 Å². The Morgan fingerprint density at radius 1 is 1.15 bits per heavy atom. The Balaban J connectivity index is 1.44. The summed E-state index contributed by atoms with van der Waals surface area (Å²) >= 11 is 1.84. The van der Waals surface area contributed by atoms with Crippen LogP contribution in [0.2, 0.25) is 0 Å². The third kappa shape index (κ3) is 3.46. The number of hydrogen-bond donors (Lipinski definition) is 1. The number of likely N-dealkylation sites (tertiary alicyclic amines) is 1. The molecule has 2 aliphatic rings. The second kappa shape index (κ2) is 6.76. The van der Waals surface area contributed by atoms with Crippen LogP contribution < -0.4 is 0 Å². The van der Waals surface area contributed by atoms with Crippen molar-refractivity contribution in [3.8, 4) is 11.1 Å². The average molecular weight is 401 g/mol. The average Bonchev–Trinajstić information content (AvgIpc) is 3.41. The van der Waals surface area contributed by atoms with Gasteiger partial charge in [-0.05, 0) is 72.6 Å². The predicted molar refractivity (Wildman–Crippen MR) is 112 cm³/mol. The number of rotatable bonds is 4. The summed E-state index contributed by atoms with van der Waals surface area (Å²) in [5.74, 6) is 0.712. The number of sulfone groups is 1. The van der Waals surface area contributed by atoms with E-state index < -0.39 is 9.84 Å². The molecule has 0 bridgehead atoms. The molecule has 142 valence electrons. The van der Waals surface area contributed by atoms with Crippen LogP contribution in [0.1, 0.15) is 35.6 Å². The summed E-state index contributed by atoms with van der Waals surface area (Å²) in [5, 5.41) is 3.42. The first-order chi connectivity index (χ1) is 13.1. The van der Waals surface area contributed by atoms with E-state index in [9.17, 15) is 8.42 Å². The zero-order valence-electron chi connectivity index (χ0n) is 15.3. The van der Waals surface area contributed by atoms with E-state index in [1.54, 1.807) is 0 Å². The number of benzene rings is 1. The van der Waals surface area contributed by atoms with Crippen molar-refractivity contribution in [1.82, 2.24) is 9.88 Å². The topological polar surface area (TPSA) is 53.2 Å². The highest BCUT2D eigenvalue weighted by molar-refractivity contribution is 7.91. The second-order valence-electron chi connectivity index (χ2n) is 7.89. The summed E-state index contributed by atoms with van der Waals surface area (Å²) in [6.45, 7) is 3.49. The van der Waals surface area contributed by atoms with Crippen LogP contribution >= 0.6 is 11.3 Å². The van der Waals surface area contributed by atoms with E-state index in [1.807, 2.05) is 17.5 Å². The lowest BCUT2D eigenvalue weighted by atomic mass is 9.96. The number of H-pyrrole nitrogens is 1. The molecule has 2 aliphatic heterocycles. The highest BCUT2D eigenvalue weighted by atomic mass is 32.2. The van der Waals surface area contributed by atoms with Crippen molar-refractivity contribution in [2.75, 3.05) is 24.6 Å². The highest BCUT2D eigenvalue weighted by Crippen LogP contribution is 2.36. The van der Waals surface area contributed by atoms with Gasteiger partial charge in [-0.25, -0.2) is 8.42 Å². The van der Waals surface area contributed by atoms with E-state index >= 15 is 0 Å². The van der Waals surface area contributed by atoms with E-state index in [4.69, 9.17) is 0 Å². The smallest absolute Gasteiger partial charge is 0.150 e. The summed E-state index contributed by atoms with van der Waals surface area (Å²) in [5.41, 5.74) is 4.72. The molecule has 3 aromatic rings. The Morgan fingerprint density at radius 2 is 2.00 bits per heavy atom. The Kier molecular flexibility index (Phi) is 4.37. The first-order valence-corrected chi connectivity index (χ1v) is 12.4. The van der Waals surface area contributed by atoms with E-state index in [0.29, 0.717) is 5.75 Å². The Hall–Kier alpha value is -1.63. The number of nitrogens with one attached hydrogen (secondary N) is 1. The number of thiophene rings is 1. The van der Waals surface area contributed by atoms with Crippen LogP contribution in [0.15, 0.2) is 35.8 Å². The molecule has 5 rings (SSSR count). The molecule has 0 amide bonds. The van der Waals surface area contributed by atoms with E-state index in [0.717, 1.165) is 24.0 Å². The molecule has 0 radical (unpaired) electrons. The quantitative estimate of drug-likeness (QED) is 0.706. The number of hydrogen-bond acceptors (Lipinski definition) is 4. The van der Waals surface area contributed by atoms with E-state index in [-0.39, 0.29) is 11.7 Å². The molecule has 0 aliphatic carbocycles. The Morgan fingerprint density at radius 3 is 2.78 bits per heavy atom. The monoisotopic (exact) mass is 400 g/mol. The summed E-state index contributed by atoms with van der Waals surface area (Å²) < 4.78 is 23.8. The van der Waals surface area contributed by atoms with Gasteiger partial charge in [0.2, 0.25) is 0 Å². The maximum Gasteiger partial charge on any atom is 0.150 e. The summed E-state index contributed by atoms with van der Waals surface area (Å²) in [7, 11) is -2.88. The van der Waals surface area contributed by atoms with Crippen LogP contribution in [0.25, 0.3) is 22.0 Å². The Bertz CT molecular complexity index is 1070. The fourth-order valence-corrected chi connectivity index (χ4v) is 7.18. The van der Waals surface area contributed by atoms with E-state index in [2.05, 4.69) is 39.5 Å². The lowest BCUT2D eigenvalue weighted by molar-refractivity contribution is 0.334. The van der Waals surface area contributed by atoms with Crippen LogP contribution in [0, 0.1) is 0 Å². The molecule has 6 heteroatoms. The molecule has 0 spiro atoms. The molecule has 2 aromatic heterocycles. The minimum atomic E-state index is -2.88. The molecule has 1 atom stereocenters. The van der Waals surface area contributed by atoms with Gasteiger partial charge in [0.15, 0.2) is 9.84 Å². The SMILES string of the molecule is O=S1(=O)CCC(c2c[nH]c3ccc(-c4csc(CN5CCCC5)c4)cc23)C1. The molecule has 2 fully saturated rings. The maximum absolute atomic E-state index is 11.9. The molecule has 4 heterocycles. The summed E-state index contributed by atoms with van der Waals surface area (Å²) in [6.07, 6.45) is 5.38. The molecule has 1 aromatic carbocycles. The van der Waals surface area contributed by atoms with Crippen molar-refractivity contribution in [3.05, 3.63) is 46.3 Å². The van der Waals surface area contributed by atoms with Gasteiger partial charge in [0.1, 0.15) is 0 Å². The third-order valence-corrected chi connectivity index (χ3v) is 8.64. The van der Waals surface area contributed by atoms with Gasteiger partial charge >= 0.3 is 0 Å². The third-order valence-electron chi connectivity index (χ3n) is 5.95. The van der Waals surface area contributed by atoms with Gasteiger partial charge in [0.05, 0.1) is 11.5 Å². The number of nitrogens with zero attached hydrogens (tertiary/aromatic N) is 1. The van der Waals surface area contributed by atoms with Gasteiger partial charge in [-0.3, -0.25) is 4.90 Å². The molecule has 27 heavy (non-hydrogen) atoms. The standard InChI is InChI=1S/C21H24N2O2S2/c24-27(25)8-5-16(14-27)20-11-22-21-4-3-15(10-19(20)21)17-9-18(26-13-17)12-23-6-1-2-7-23/h3-4,9-11,13,16,22H,1-2,5-8,12,14H2. The first-order valence-electron chi connectivity index (χ1n) is 9.69. The lowest BCUT2D eigenvalue weighted by Gasteiger charge is -2.12. The number of aromatic amines is 1. The van der Waals surface area contributed by atoms with Crippen LogP contribution in [0.3, 0.4) is 0 Å². The minimum Gasteiger partial charge on any atom is -0.361 e. The molecular formula is C21H24N2O2S2. The minimum absolute atomic E-state index is 0.118. The van der Waals surface area contributed by atoms with Crippen molar-refractivity contribution in [3.63, 3.8) is 0 Å². The number of aromatic nitrogens is 1. The van der Waals surface area contributed by atoms with Crippen LogP contribution in [0.4, 0.5) is 0 Å². The van der Waals surface area contributed by atoms with Crippen molar-refractivity contribution < 1.29 is 8.42 Å². The molecule has 4 nitrogen and oxygen atoms in total. The van der Waals surface area contributed by atoms with Gasteiger partial charge < -0.3 is 4.98 Å². The summed E-state index contributed by atoms with van der Waals surface area (Å²) in [4.78, 5) is 7.28. The van der Waals surface area contributed by atoms with Crippen molar-refractivity contribution in [2.24, 2.45) is 0 Å². The van der Waals surface area contributed by atoms with Crippen LogP contribution in [-0.2, 0) is 16.4 Å². The molecule has 1 N–H and O–H groups in total. The zero-order valence-corrected chi connectivity index (χ0v) is 16.9. The van der Waals surface area contributed by atoms with Crippen molar-refractivity contribution >= 4 is 32.1 Å². The predicted octanol–water partition coefficient (Wildman–Crippen LogP) is 4.39. The second-order valence-corrected chi connectivity index (χ2v) is 11.1. The molecule has 2 saturated heterocycles. The highest BCUT2D eigenvalue weighted by Gasteiger charge is 2.30. The fourth-order valence-electron chi connectivity index (χ4n) is 4.48. The lowest BCUT2D eigenvalue weighted by Crippen LogP contribution is -2.17. The normalized spacial score (nSPS) is 22.7. The van der Waals surface area contributed by atoms with Crippen molar-refractivity contribution in [1.29, 1.82) is 0 Å². The maximum atomic E-state index is 11.9. The van der Waals surface area contributed by atoms with Gasteiger partial charge in [-0.15, -0.1) is 11.3 Å². The van der Waals surface area contributed by atoms with Crippen LogP contribution in [0.5, 0.6) is 0 Å². The largest absolute Gasteiger partial charge is 0.361 e. The van der Waals surface area contributed by atoms with Crippen LogP contribution in [-0.4, -0.2) is 42.9 Å². The Labute approximate surface area is 164 Å². The molecule has 1 unspecified atom stereocenters. The first kappa shape index (κ1) is 17.5.